The molecule has 2 aromatic rings. The van der Waals surface area contributed by atoms with Gasteiger partial charge in [0.2, 0.25) is 5.91 Å². The van der Waals surface area contributed by atoms with E-state index in [1.807, 2.05) is 31.2 Å². The standard InChI is InChI=1S/C19H20F2N2O2/c1-13-4-6-14(7-5-13)12-23-18(24)3-2-10-22-19(25)16-9-8-15(20)11-17(16)21/h4-9,11H,2-3,10,12H2,1H3,(H,22,25)(H,23,24). The highest BCUT2D eigenvalue weighted by molar-refractivity contribution is 5.94. The van der Waals surface area contributed by atoms with Crippen molar-refractivity contribution in [3.8, 4) is 0 Å². The molecule has 0 atom stereocenters. The molecule has 4 nitrogen and oxygen atoms in total. The third-order valence-electron chi connectivity index (χ3n) is 3.65. The molecule has 0 fully saturated rings. The lowest BCUT2D eigenvalue weighted by molar-refractivity contribution is -0.121. The fraction of sp³-hybridized carbons (Fsp3) is 0.263. The van der Waals surface area contributed by atoms with Crippen molar-refractivity contribution in [1.82, 2.24) is 10.6 Å². The average Bonchev–Trinajstić information content (AvgIpc) is 2.58. The normalized spacial score (nSPS) is 10.4. The maximum Gasteiger partial charge on any atom is 0.254 e. The number of amides is 2. The Morgan fingerprint density at radius 3 is 2.40 bits per heavy atom. The Hall–Kier alpha value is -2.76. The van der Waals surface area contributed by atoms with Crippen LogP contribution in [0.25, 0.3) is 0 Å². The van der Waals surface area contributed by atoms with E-state index >= 15 is 0 Å². The summed E-state index contributed by atoms with van der Waals surface area (Å²) in [5, 5.41) is 5.31. The largest absolute Gasteiger partial charge is 0.352 e. The van der Waals surface area contributed by atoms with Crippen LogP contribution >= 0.6 is 0 Å². The van der Waals surface area contributed by atoms with Crippen molar-refractivity contribution >= 4 is 11.8 Å². The Morgan fingerprint density at radius 2 is 1.72 bits per heavy atom. The molecule has 132 valence electrons. The number of hydrogen-bond acceptors (Lipinski definition) is 2. The van der Waals surface area contributed by atoms with Crippen molar-refractivity contribution in [3.63, 3.8) is 0 Å². The van der Waals surface area contributed by atoms with Crippen molar-refractivity contribution in [2.75, 3.05) is 6.54 Å². The number of carbonyl (C=O) groups excluding carboxylic acids is 2. The summed E-state index contributed by atoms with van der Waals surface area (Å²) in [6.45, 7) is 2.67. The van der Waals surface area contributed by atoms with Crippen molar-refractivity contribution in [1.29, 1.82) is 0 Å². The number of rotatable bonds is 7. The van der Waals surface area contributed by atoms with Gasteiger partial charge < -0.3 is 10.6 Å². The Morgan fingerprint density at radius 1 is 1.00 bits per heavy atom. The lowest BCUT2D eigenvalue weighted by Crippen LogP contribution is -2.28. The number of carbonyl (C=O) groups is 2. The molecule has 25 heavy (non-hydrogen) atoms. The summed E-state index contributed by atoms with van der Waals surface area (Å²) in [6.07, 6.45) is 0.673. The first-order valence-corrected chi connectivity index (χ1v) is 8.01. The summed E-state index contributed by atoms with van der Waals surface area (Å²) >= 11 is 0. The van der Waals surface area contributed by atoms with E-state index in [1.165, 1.54) is 0 Å². The predicted octanol–water partition coefficient (Wildman–Crippen LogP) is 3.10. The van der Waals surface area contributed by atoms with Gasteiger partial charge in [0.05, 0.1) is 5.56 Å². The number of nitrogens with one attached hydrogen (secondary N) is 2. The molecule has 2 N–H and O–H groups in total. The predicted molar refractivity (Wildman–Crippen MR) is 91.0 cm³/mol. The van der Waals surface area contributed by atoms with E-state index in [4.69, 9.17) is 0 Å². The number of benzene rings is 2. The molecule has 0 radical (unpaired) electrons. The van der Waals surface area contributed by atoms with E-state index in [1.54, 1.807) is 0 Å². The first-order valence-electron chi connectivity index (χ1n) is 8.01. The van der Waals surface area contributed by atoms with Gasteiger partial charge >= 0.3 is 0 Å². The molecule has 0 aliphatic carbocycles. The third kappa shape index (κ3) is 5.99. The first kappa shape index (κ1) is 18.6. The van der Waals surface area contributed by atoms with Crippen molar-refractivity contribution < 1.29 is 18.4 Å². The molecule has 0 aromatic heterocycles. The van der Waals surface area contributed by atoms with Crippen molar-refractivity contribution in [2.45, 2.75) is 26.3 Å². The van der Waals surface area contributed by atoms with Crippen LogP contribution in [0.1, 0.15) is 34.3 Å². The summed E-state index contributed by atoms with van der Waals surface area (Å²) in [6, 6.07) is 10.6. The monoisotopic (exact) mass is 346 g/mol. The fourth-order valence-corrected chi connectivity index (χ4v) is 2.21. The van der Waals surface area contributed by atoms with Crippen LogP contribution in [0.4, 0.5) is 8.78 Å². The summed E-state index contributed by atoms with van der Waals surface area (Å²) in [7, 11) is 0. The lowest BCUT2D eigenvalue weighted by atomic mass is 10.1. The molecule has 0 aliphatic heterocycles. The summed E-state index contributed by atoms with van der Waals surface area (Å²) in [5.74, 6) is -2.40. The zero-order valence-electron chi connectivity index (χ0n) is 13.9. The molecule has 0 heterocycles. The number of halogens is 2. The van der Waals surface area contributed by atoms with E-state index < -0.39 is 17.5 Å². The average molecular weight is 346 g/mol. The highest BCUT2D eigenvalue weighted by atomic mass is 19.1. The van der Waals surface area contributed by atoms with Crippen molar-refractivity contribution in [2.24, 2.45) is 0 Å². The minimum atomic E-state index is -0.909. The third-order valence-corrected chi connectivity index (χ3v) is 3.65. The van der Waals surface area contributed by atoms with E-state index in [0.29, 0.717) is 19.0 Å². The van der Waals surface area contributed by atoms with Gasteiger partial charge in [-0.1, -0.05) is 29.8 Å². The highest BCUT2D eigenvalue weighted by Gasteiger charge is 2.12. The molecule has 2 aromatic carbocycles. The van der Waals surface area contributed by atoms with Gasteiger partial charge in [-0.25, -0.2) is 8.78 Å². The molecular weight excluding hydrogens is 326 g/mol. The minimum Gasteiger partial charge on any atom is -0.352 e. The Balaban J connectivity index is 1.67. The van der Waals surface area contributed by atoms with Crippen LogP contribution in [0, 0.1) is 18.6 Å². The highest BCUT2D eigenvalue weighted by Crippen LogP contribution is 2.09. The molecular formula is C19H20F2N2O2. The number of hydrogen-bond donors (Lipinski definition) is 2. The van der Waals surface area contributed by atoms with Crippen LogP contribution in [0.15, 0.2) is 42.5 Å². The fourth-order valence-electron chi connectivity index (χ4n) is 2.21. The molecule has 0 saturated heterocycles. The Labute approximate surface area is 145 Å². The van der Waals surface area contributed by atoms with Crippen LogP contribution in [0.2, 0.25) is 0 Å². The van der Waals surface area contributed by atoms with Crippen LogP contribution in [0.3, 0.4) is 0 Å². The number of aryl methyl sites for hydroxylation is 1. The van der Waals surface area contributed by atoms with Gasteiger partial charge in [-0.15, -0.1) is 0 Å². The van der Waals surface area contributed by atoms with Crippen molar-refractivity contribution in [3.05, 3.63) is 70.8 Å². The van der Waals surface area contributed by atoms with Crippen LogP contribution in [-0.2, 0) is 11.3 Å². The van der Waals surface area contributed by atoms with Crippen LogP contribution in [-0.4, -0.2) is 18.4 Å². The van der Waals surface area contributed by atoms with Gasteiger partial charge in [-0.05, 0) is 31.0 Å². The first-order chi connectivity index (χ1) is 12.0. The quantitative estimate of drug-likeness (QED) is 0.757. The molecule has 0 unspecified atom stereocenters. The Kier molecular flexibility index (Phi) is 6.62. The second-order valence-corrected chi connectivity index (χ2v) is 5.75. The van der Waals surface area contributed by atoms with Gasteiger partial charge in [-0.3, -0.25) is 9.59 Å². The Bertz CT molecular complexity index is 746. The zero-order valence-corrected chi connectivity index (χ0v) is 13.9. The van der Waals surface area contributed by atoms with Crippen LogP contribution < -0.4 is 10.6 Å². The van der Waals surface area contributed by atoms with E-state index in [2.05, 4.69) is 10.6 Å². The lowest BCUT2D eigenvalue weighted by Gasteiger charge is -2.07. The summed E-state index contributed by atoms with van der Waals surface area (Å²) in [4.78, 5) is 23.5. The zero-order chi connectivity index (χ0) is 18.2. The summed E-state index contributed by atoms with van der Waals surface area (Å²) in [5.41, 5.74) is 1.95. The second-order valence-electron chi connectivity index (χ2n) is 5.75. The van der Waals surface area contributed by atoms with Crippen LogP contribution in [0.5, 0.6) is 0 Å². The SMILES string of the molecule is Cc1ccc(CNC(=O)CCCNC(=O)c2ccc(F)cc2F)cc1. The smallest absolute Gasteiger partial charge is 0.254 e. The van der Waals surface area contributed by atoms with Gasteiger partial charge in [0.15, 0.2) is 0 Å². The minimum absolute atomic E-state index is 0.122. The van der Waals surface area contributed by atoms with Gasteiger partial charge in [0.25, 0.3) is 5.91 Å². The molecule has 2 amide bonds. The second kappa shape index (κ2) is 8.92. The topological polar surface area (TPSA) is 58.2 Å². The van der Waals surface area contributed by atoms with E-state index in [-0.39, 0.29) is 24.4 Å². The molecule has 0 spiro atoms. The maximum atomic E-state index is 13.5. The van der Waals surface area contributed by atoms with Gasteiger partial charge in [0, 0.05) is 25.6 Å². The molecule has 0 bridgehead atoms. The maximum absolute atomic E-state index is 13.5. The molecule has 6 heteroatoms. The van der Waals surface area contributed by atoms with Gasteiger partial charge in [-0.2, -0.15) is 0 Å². The summed E-state index contributed by atoms with van der Waals surface area (Å²) < 4.78 is 26.3. The van der Waals surface area contributed by atoms with E-state index in [0.717, 1.165) is 23.3 Å². The molecule has 0 saturated carbocycles. The molecule has 0 aliphatic rings. The van der Waals surface area contributed by atoms with E-state index in [9.17, 15) is 18.4 Å². The molecule has 2 rings (SSSR count). The van der Waals surface area contributed by atoms with Gasteiger partial charge in [0.1, 0.15) is 11.6 Å².